The number of esters is 1. The molecule has 26 heteroatoms. The topological polar surface area (TPSA) is 265 Å². The Labute approximate surface area is 392 Å². The average molecular weight is 988 g/mol. The predicted octanol–water partition coefficient (Wildman–Crippen LogP) is 3.09. The van der Waals surface area contributed by atoms with Gasteiger partial charge in [0, 0.05) is 57.0 Å². The van der Waals surface area contributed by atoms with E-state index in [1.165, 1.54) is 0 Å². The number of azide groups is 1. The second-order valence-electron chi connectivity index (χ2n) is 14.2. The fourth-order valence-electron chi connectivity index (χ4n) is 5.28. The van der Waals surface area contributed by atoms with Gasteiger partial charge in [0.15, 0.2) is 0 Å². The molecule has 1 rings (SSSR count). The first kappa shape index (κ1) is 61.2. The van der Waals surface area contributed by atoms with Crippen molar-refractivity contribution in [3.05, 3.63) is 39.5 Å². The highest BCUT2D eigenvalue weighted by molar-refractivity contribution is 5.87. The van der Waals surface area contributed by atoms with Crippen LogP contribution < -0.4 is 26.0 Å². The molecule has 388 valence electrons. The molecular formula is C42H66F5N7O14. The van der Waals surface area contributed by atoms with E-state index < -0.39 is 59.2 Å². The zero-order chi connectivity index (χ0) is 50.0. The summed E-state index contributed by atoms with van der Waals surface area (Å²) in [5.74, 6) is -15.6. The number of hydrogen-bond donors (Lipinski definition) is 4. The van der Waals surface area contributed by atoms with Crippen LogP contribution in [0.3, 0.4) is 0 Å². The molecule has 21 nitrogen and oxygen atoms in total. The van der Waals surface area contributed by atoms with Gasteiger partial charge in [0.1, 0.15) is 6.04 Å². The van der Waals surface area contributed by atoms with E-state index in [9.17, 15) is 45.9 Å². The van der Waals surface area contributed by atoms with Crippen LogP contribution in [0.4, 0.5) is 22.0 Å². The van der Waals surface area contributed by atoms with Gasteiger partial charge in [0.05, 0.1) is 106 Å². The molecule has 68 heavy (non-hydrogen) atoms. The van der Waals surface area contributed by atoms with Crippen LogP contribution in [0.1, 0.15) is 64.7 Å². The van der Waals surface area contributed by atoms with Gasteiger partial charge in [-0.25, -0.2) is 13.2 Å². The molecule has 0 saturated carbocycles. The summed E-state index contributed by atoms with van der Waals surface area (Å²) in [6, 6.07) is -0.859. The third kappa shape index (κ3) is 31.3. The van der Waals surface area contributed by atoms with Crippen LogP contribution in [0.15, 0.2) is 5.11 Å². The maximum absolute atomic E-state index is 13.7. The van der Waals surface area contributed by atoms with Crippen LogP contribution in [0, 0.1) is 29.1 Å². The lowest BCUT2D eigenvalue weighted by molar-refractivity contribution is -0.136. The van der Waals surface area contributed by atoms with Gasteiger partial charge < -0.3 is 63.9 Å². The first-order valence-corrected chi connectivity index (χ1v) is 22.4. The fourth-order valence-corrected chi connectivity index (χ4v) is 5.28. The predicted molar refractivity (Wildman–Crippen MR) is 231 cm³/mol. The van der Waals surface area contributed by atoms with Gasteiger partial charge in [-0.3, -0.25) is 24.0 Å². The first-order valence-electron chi connectivity index (χ1n) is 22.4. The number of hydrogen-bond acceptors (Lipinski definition) is 15. The molecule has 0 fully saturated rings. The van der Waals surface area contributed by atoms with Gasteiger partial charge in [-0.2, -0.15) is 8.78 Å². The SMILES string of the molecule is CCCOCCOCCC(=O)NCCCC(=O)N[C@@H](CCCCNC(=O)CCOCCOCCN=[N+]=[N-])C(=O)NCCOCCOCCOCCOCCC(=O)Oc1c(F)c(F)c(F)c(F)c1F. The second kappa shape index (κ2) is 41.2. The lowest BCUT2D eigenvalue weighted by Gasteiger charge is -2.19. The molecule has 1 aromatic carbocycles. The Balaban J connectivity index is 2.30. The first-order chi connectivity index (χ1) is 32.9. The van der Waals surface area contributed by atoms with Gasteiger partial charge in [-0.15, -0.1) is 0 Å². The van der Waals surface area contributed by atoms with E-state index in [0.29, 0.717) is 58.7 Å². The van der Waals surface area contributed by atoms with Gasteiger partial charge in [-0.05, 0) is 37.6 Å². The number of ether oxygens (including phenoxy) is 9. The molecule has 1 atom stereocenters. The highest BCUT2D eigenvalue weighted by Gasteiger charge is 2.28. The number of benzene rings is 1. The molecule has 0 aliphatic rings. The van der Waals surface area contributed by atoms with Crippen molar-refractivity contribution in [3.8, 4) is 5.75 Å². The Hall–Kier alpha value is -4.79. The fraction of sp³-hybridized carbons (Fsp3) is 0.738. The van der Waals surface area contributed by atoms with Crippen molar-refractivity contribution in [2.24, 2.45) is 5.11 Å². The van der Waals surface area contributed by atoms with Crippen LogP contribution in [0.5, 0.6) is 5.75 Å². The zero-order valence-corrected chi connectivity index (χ0v) is 38.5. The van der Waals surface area contributed by atoms with Crippen molar-refractivity contribution < 1.29 is 88.6 Å². The van der Waals surface area contributed by atoms with Crippen molar-refractivity contribution in [2.75, 3.05) is 132 Å². The summed E-state index contributed by atoms with van der Waals surface area (Å²) in [7, 11) is 0. The molecule has 0 unspecified atom stereocenters. The molecule has 1 aromatic rings. The van der Waals surface area contributed by atoms with Gasteiger partial charge in [0.2, 0.25) is 58.5 Å². The Morgan fingerprint density at radius 2 is 0.971 bits per heavy atom. The number of nitrogens with one attached hydrogen (secondary N) is 4. The van der Waals surface area contributed by atoms with Crippen LogP contribution >= 0.6 is 0 Å². The Morgan fingerprint density at radius 1 is 0.515 bits per heavy atom. The second-order valence-corrected chi connectivity index (χ2v) is 14.2. The van der Waals surface area contributed by atoms with Crippen LogP contribution in [-0.2, 0) is 61.9 Å². The molecule has 0 aromatic heterocycles. The minimum absolute atomic E-state index is 0.0131. The average Bonchev–Trinajstić information content (AvgIpc) is 3.32. The summed E-state index contributed by atoms with van der Waals surface area (Å²) < 4.78 is 114. The normalized spacial score (nSPS) is 11.4. The molecule has 0 aliphatic heterocycles. The van der Waals surface area contributed by atoms with E-state index in [-0.39, 0.29) is 136 Å². The number of carbonyl (C=O) groups excluding carboxylic acids is 5. The van der Waals surface area contributed by atoms with Crippen LogP contribution in [0.2, 0.25) is 0 Å². The van der Waals surface area contributed by atoms with Gasteiger partial charge in [0.25, 0.3) is 0 Å². The lowest BCUT2D eigenvalue weighted by atomic mass is 10.1. The highest BCUT2D eigenvalue weighted by Crippen LogP contribution is 2.29. The summed E-state index contributed by atoms with van der Waals surface area (Å²) in [5.41, 5.74) is 8.24. The molecule has 0 heterocycles. The van der Waals surface area contributed by atoms with E-state index in [2.05, 4.69) is 36.0 Å². The third-order valence-corrected chi connectivity index (χ3v) is 8.73. The number of rotatable bonds is 44. The van der Waals surface area contributed by atoms with Crippen LogP contribution in [0.25, 0.3) is 10.4 Å². The summed E-state index contributed by atoms with van der Waals surface area (Å²) in [5, 5.41) is 14.4. The molecule has 4 N–H and O–H groups in total. The van der Waals surface area contributed by atoms with E-state index in [1.807, 2.05) is 6.92 Å². The summed E-state index contributed by atoms with van der Waals surface area (Å²) in [6.07, 6.45) is 2.45. The van der Waals surface area contributed by atoms with Crippen molar-refractivity contribution >= 4 is 29.6 Å². The number of amides is 4. The Bertz CT molecular complexity index is 1620. The third-order valence-electron chi connectivity index (χ3n) is 8.73. The number of halogens is 5. The Morgan fingerprint density at radius 3 is 1.50 bits per heavy atom. The Kier molecular flexibility index (Phi) is 37.1. The summed E-state index contributed by atoms with van der Waals surface area (Å²) >= 11 is 0. The molecule has 4 amide bonds. The van der Waals surface area contributed by atoms with Crippen LogP contribution in [-0.4, -0.2) is 168 Å². The van der Waals surface area contributed by atoms with E-state index >= 15 is 0 Å². The van der Waals surface area contributed by atoms with E-state index in [4.69, 9.17) is 43.4 Å². The number of unbranched alkanes of at least 4 members (excludes halogenated alkanes) is 1. The molecule has 0 radical (unpaired) electrons. The summed E-state index contributed by atoms with van der Waals surface area (Å²) in [6.45, 7) is 6.56. The van der Waals surface area contributed by atoms with E-state index in [0.717, 1.165) is 6.42 Å². The van der Waals surface area contributed by atoms with Gasteiger partial charge in [-0.1, -0.05) is 12.0 Å². The van der Waals surface area contributed by atoms with Crippen molar-refractivity contribution in [1.29, 1.82) is 0 Å². The highest BCUT2D eigenvalue weighted by atomic mass is 19.2. The van der Waals surface area contributed by atoms with Crippen molar-refractivity contribution in [1.82, 2.24) is 21.3 Å². The zero-order valence-electron chi connectivity index (χ0n) is 38.5. The van der Waals surface area contributed by atoms with Crippen molar-refractivity contribution in [3.63, 3.8) is 0 Å². The molecule has 0 aliphatic carbocycles. The minimum Gasteiger partial charge on any atom is -0.420 e. The standard InChI is InChI=1S/C42H66F5N7O14/c1-2-15-60-21-22-61-17-9-33(56)50-12-5-7-34(57)53-31(6-3-4-11-49-32(55)8-16-62-23-25-65-20-14-52-54-48)42(59)51-13-19-64-26-28-67-30-29-66-27-24-63-18-10-35(58)68-41-39(46)37(44)36(43)38(45)40(41)47/h31H,2-30H2,1H3,(H,49,55)(H,50,56)(H,51,59)(H,53,57)/t31-/m0/s1. The molecule has 0 saturated heterocycles. The largest absolute Gasteiger partial charge is 0.420 e. The van der Waals surface area contributed by atoms with Gasteiger partial charge >= 0.3 is 5.97 Å². The monoisotopic (exact) mass is 987 g/mol. The number of carbonyl (C=O) groups is 5. The van der Waals surface area contributed by atoms with Crippen molar-refractivity contribution in [2.45, 2.75) is 70.8 Å². The molecule has 0 bridgehead atoms. The molecular weight excluding hydrogens is 921 g/mol. The minimum atomic E-state index is -2.38. The maximum Gasteiger partial charge on any atom is 0.313 e. The number of nitrogens with zero attached hydrogens (tertiary/aromatic N) is 3. The van der Waals surface area contributed by atoms with E-state index in [1.54, 1.807) is 0 Å². The smallest absolute Gasteiger partial charge is 0.313 e. The lowest BCUT2D eigenvalue weighted by Crippen LogP contribution is -2.47. The summed E-state index contributed by atoms with van der Waals surface area (Å²) in [4.78, 5) is 64.5. The molecule has 0 spiro atoms. The quantitative estimate of drug-likeness (QED) is 0.00843. The maximum atomic E-state index is 13.7.